The molecular weight excluding hydrogens is 313 g/mol. The van der Waals surface area contributed by atoms with Crippen LogP contribution < -0.4 is 10.6 Å². The van der Waals surface area contributed by atoms with Gasteiger partial charge in [-0.15, -0.1) is 24.0 Å². The van der Waals surface area contributed by atoms with Crippen LogP contribution >= 0.6 is 24.0 Å². The van der Waals surface area contributed by atoms with E-state index in [1.165, 1.54) is 19.3 Å². The Balaban J connectivity index is 0.00000225. The van der Waals surface area contributed by atoms with Crippen LogP contribution in [0.2, 0.25) is 0 Å². The average Bonchev–Trinajstić information content (AvgIpc) is 2.94. The zero-order chi connectivity index (χ0) is 11.3. The molecule has 1 aliphatic rings. The van der Waals surface area contributed by atoms with Crippen LogP contribution in [0.1, 0.15) is 40.0 Å². The molecule has 1 fully saturated rings. The molecule has 0 bridgehead atoms. The van der Waals surface area contributed by atoms with Crippen LogP contribution in [0, 0.1) is 11.8 Å². The van der Waals surface area contributed by atoms with Gasteiger partial charge in [-0.05, 0) is 18.3 Å². The van der Waals surface area contributed by atoms with Crippen molar-refractivity contribution < 1.29 is 0 Å². The molecule has 0 spiro atoms. The standard InChI is InChI=1S/C12H25N3.HI/c1-5-10(6-2)8-14-12(13-4)15-11-7-9(11)3;/h9-11H,5-8H2,1-4H3,(H2,13,14,15);1H. The van der Waals surface area contributed by atoms with Crippen molar-refractivity contribution in [1.82, 2.24) is 10.6 Å². The zero-order valence-electron chi connectivity index (χ0n) is 10.9. The SMILES string of the molecule is CCC(CC)CNC(=NC)NC1CC1C.I. The van der Waals surface area contributed by atoms with E-state index in [0.717, 1.165) is 24.3 Å². The van der Waals surface area contributed by atoms with Crippen LogP contribution in [0.4, 0.5) is 0 Å². The van der Waals surface area contributed by atoms with Crippen molar-refractivity contribution in [3.63, 3.8) is 0 Å². The lowest BCUT2D eigenvalue weighted by atomic mass is 10.0. The fraction of sp³-hybridized carbons (Fsp3) is 0.917. The van der Waals surface area contributed by atoms with Crippen LogP contribution in [0.25, 0.3) is 0 Å². The lowest BCUT2D eigenvalue weighted by molar-refractivity contribution is 0.481. The van der Waals surface area contributed by atoms with Gasteiger partial charge in [0.15, 0.2) is 5.96 Å². The van der Waals surface area contributed by atoms with Crippen LogP contribution in [-0.4, -0.2) is 25.6 Å². The number of rotatable bonds is 5. The second-order valence-electron chi connectivity index (χ2n) is 4.60. The number of nitrogens with zero attached hydrogens (tertiary/aromatic N) is 1. The summed E-state index contributed by atoms with van der Waals surface area (Å²) in [6, 6.07) is 0.651. The number of hydrogen-bond acceptors (Lipinski definition) is 1. The Morgan fingerprint density at radius 2 is 1.94 bits per heavy atom. The van der Waals surface area contributed by atoms with Gasteiger partial charge in [0.2, 0.25) is 0 Å². The second kappa shape index (κ2) is 8.14. The van der Waals surface area contributed by atoms with Crippen LogP contribution in [0.3, 0.4) is 0 Å². The van der Waals surface area contributed by atoms with Crippen molar-refractivity contribution in [3.05, 3.63) is 0 Å². The van der Waals surface area contributed by atoms with Gasteiger partial charge in [-0.25, -0.2) is 0 Å². The third kappa shape index (κ3) is 5.37. The molecule has 1 rings (SSSR count). The zero-order valence-corrected chi connectivity index (χ0v) is 13.2. The molecule has 0 amide bonds. The molecule has 0 saturated heterocycles. The fourth-order valence-corrected chi connectivity index (χ4v) is 1.71. The average molecular weight is 339 g/mol. The lowest BCUT2D eigenvalue weighted by Crippen LogP contribution is -2.41. The Hall–Kier alpha value is 0. The Morgan fingerprint density at radius 1 is 1.38 bits per heavy atom. The summed E-state index contributed by atoms with van der Waals surface area (Å²) in [4.78, 5) is 4.24. The molecule has 0 heterocycles. The molecule has 2 atom stereocenters. The summed E-state index contributed by atoms with van der Waals surface area (Å²) in [5, 5.41) is 6.83. The van der Waals surface area contributed by atoms with E-state index in [9.17, 15) is 0 Å². The number of halogens is 1. The first-order chi connectivity index (χ1) is 7.21. The number of aliphatic imine (C=N–C) groups is 1. The third-order valence-electron chi connectivity index (χ3n) is 3.37. The highest BCUT2D eigenvalue weighted by atomic mass is 127. The van der Waals surface area contributed by atoms with E-state index < -0.39 is 0 Å². The van der Waals surface area contributed by atoms with Crippen molar-refractivity contribution in [1.29, 1.82) is 0 Å². The maximum absolute atomic E-state index is 4.24. The monoisotopic (exact) mass is 339 g/mol. The summed E-state index contributed by atoms with van der Waals surface area (Å²) in [7, 11) is 1.84. The molecule has 2 unspecified atom stereocenters. The largest absolute Gasteiger partial charge is 0.356 e. The highest BCUT2D eigenvalue weighted by Crippen LogP contribution is 2.28. The molecule has 0 radical (unpaired) electrons. The molecular formula is C12H26IN3. The molecule has 96 valence electrons. The van der Waals surface area contributed by atoms with E-state index in [1.807, 2.05) is 7.05 Å². The summed E-state index contributed by atoms with van der Waals surface area (Å²) >= 11 is 0. The van der Waals surface area contributed by atoms with E-state index >= 15 is 0 Å². The molecule has 3 nitrogen and oxygen atoms in total. The summed E-state index contributed by atoms with van der Waals surface area (Å²) in [6.07, 6.45) is 3.76. The van der Waals surface area contributed by atoms with Gasteiger partial charge in [-0.3, -0.25) is 4.99 Å². The Morgan fingerprint density at radius 3 is 2.31 bits per heavy atom. The van der Waals surface area contributed by atoms with E-state index in [0.29, 0.717) is 6.04 Å². The molecule has 1 saturated carbocycles. The summed E-state index contributed by atoms with van der Waals surface area (Å²) < 4.78 is 0. The van der Waals surface area contributed by atoms with E-state index in [-0.39, 0.29) is 24.0 Å². The van der Waals surface area contributed by atoms with Crippen molar-refractivity contribution in [2.45, 2.75) is 46.1 Å². The van der Waals surface area contributed by atoms with Crippen LogP contribution in [0.15, 0.2) is 4.99 Å². The Labute approximate surface area is 117 Å². The van der Waals surface area contributed by atoms with Gasteiger partial charge in [-0.2, -0.15) is 0 Å². The quantitative estimate of drug-likeness (QED) is 0.459. The van der Waals surface area contributed by atoms with Crippen molar-refractivity contribution in [2.75, 3.05) is 13.6 Å². The fourth-order valence-electron chi connectivity index (χ4n) is 1.71. The normalized spacial score (nSPS) is 23.9. The van der Waals surface area contributed by atoms with Gasteiger partial charge in [-0.1, -0.05) is 33.6 Å². The van der Waals surface area contributed by atoms with Gasteiger partial charge in [0.1, 0.15) is 0 Å². The molecule has 1 aliphatic carbocycles. The van der Waals surface area contributed by atoms with E-state index in [2.05, 4.69) is 36.4 Å². The van der Waals surface area contributed by atoms with Crippen LogP contribution in [-0.2, 0) is 0 Å². The van der Waals surface area contributed by atoms with Crippen molar-refractivity contribution >= 4 is 29.9 Å². The number of hydrogen-bond donors (Lipinski definition) is 2. The number of guanidine groups is 1. The lowest BCUT2D eigenvalue weighted by Gasteiger charge is -2.16. The molecule has 4 heteroatoms. The second-order valence-corrected chi connectivity index (χ2v) is 4.60. The molecule has 0 aromatic carbocycles. The minimum atomic E-state index is 0. The maximum atomic E-state index is 4.24. The molecule has 0 aromatic heterocycles. The predicted octanol–water partition coefficient (Wildman–Crippen LogP) is 2.61. The van der Waals surface area contributed by atoms with Crippen molar-refractivity contribution in [2.24, 2.45) is 16.8 Å². The first-order valence-electron chi connectivity index (χ1n) is 6.18. The first-order valence-corrected chi connectivity index (χ1v) is 6.18. The minimum absolute atomic E-state index is 0. The van der Waals surface area contributed by atoms with Gasteiger partial charge in [0.05, 0.1) is 0 Å². The van der Waals surface area contributed by atoms with Crippen molar-refractivity contribution in [3.8, 4) is 0 Å². The topological polar surface area (TPSA) is 36.4 Å². The molecule has 2 N–H and O–H groups in total. The van der Waals surface area contributed by atoms with E-state index in [1.54, 1.807) is 0 Å². The third-order valence-corrected chi connectivity index (χ3v) is 3.37. The first kappa shape index (κ1) is 16.0. The smallest absolute Gasteiger partial charge is 0.191 e. The van der Waals surface area contributed by atoms with Gasteiger partial charge < -0.3 is 10.6 Å². The molecule has 0 aliphatic heterocycles. The number of nitrogens with one attached hydrogen (secondary N) is 2. The van der Waals surface area contributed by atoms with E-state index in [4.69, 9.17) is 0 Å². The summed E-state index contributed by atoms with van der Waals surface area (Å²) in [6.45, 7) is 7.80. The molecule has 0 aromatic rings. The summed E-state index contributed by atoms with van der Waals surface area (Å²) in [5.74, 6) is 2.55. The summed E-state index contributed by atoms with van der Waals surface area (Å²) in [5.41, 5.74) is 0. The van der Waals surface area contributed by atoms with Gasteiger partial charge in [0.25, 0.3) is 0 Å². The minimum Gasteiger partial charge on any atom is -0.356 e. The van der Waals surface area contributed by atoms with Crippen LogP contribution in [0.5, 0.6) is 0 Å². The Bertz CT molecular complexity index is 214. The van der Waals surface area contributed by atoms with Gasteiger partial charge in [0, 0.05) is 19.6 Å². The van der Waals surface area contributed by atoms with Gasteiger partial charge >= 0.3 is 0 Å². The predicted molar refractivity (Wildman–Crippen MR) is 81.6 cm³/mol. The maximum Gasteiger partial charge on any atom is 0.191 e. The molecule has 16 heavy (non-hydrogen) atoms. The Kier molecular flexibility index (Phi) is 8.14. The highest BCUT2D eigenvalue weighted by molar-refractivity contribution is 14.0. The highest BCUT2D eigenvalue weighted by Gasteiger charge is 2.33.